The summed E-state index contributed by atoms with van der Waals surface area (Å²) in [7, 11) is 3.34. The molecule has 1 unspecified atom stereocenters. The lowest BCUT2D eigenvalue weighted by atomic mass is 10.1. The van der Waals surface area contributed by atoms with E-state index >= 15 is 0 Å². The summed E-state index contributed by atoms with van der Waals surface area (Å²) in [6.45, 7) is 4.66. The van der Waals surface area contributed by atoms with Gasteiger partial charge in [-0.3, -0.25) is 0 Å². The average Bonchev–Trinajstić information content (AvgIpc) is 2.61. The molecule has 1 aromatic rings. The molecular weight excluding hydrogens is 359 g/mol. The van der Waals surface area contributed by atoms with Crippen molar-refractivity contribution < 1.29 is 28.8 Å². The van der Waals surface area contributed by atoms with Gasteiger partial charge in [-0.1, -0.05) is 0 Å². The monoisotopic (exact) mass is 390 g/mol. The quantitative estimate of drug-likeness (QED) is 0.360. The summed E-state index contributed by atoms with van der Waals surface area (Å²) < 4.78 is 21.1. The Hall–Kier alpha value is -1.44. The maximum absolute atomic E-state index is 11.9. The van der Waals surface area contributed by atoms with E-state index in [9.17, 15) is 9.90 Å². The third-order valence-electron chi connectivity index (χ3n) is 3.25. The molecule has 9 heteroatoms. The number of carbonyl (C=O) groups excluding carboxylic acids is 1. The number of hydrogen-bond acceptors (Lipinski definition) is 7. The van der Waals surface area contributed by atoms with Gasteiger partial charge in [0.05, 0.1) is 40.1 Å². The molecule has 0 radical (unpaired) electrons. The highest BCUT2D eigenvalue weighted by Crippen LogP contribution is 2.32. The van der Waals surface area contributed by atoms with E-state index in [1.54, 1.807) is 12.1 Å². The van der Waals surface area contributed by atoms with Crippen LogP contribution in [0.25, 0.3) is 0 Å². The molecule has 1 aromatic carbocycles. The zero-order valence-electron chi connectivity index (χ0n) is 15.8. The smallest absolute Gasteiger partial charge is 0.412 e. The van der Waals surface area contributed by atoms with Gasteiger partial charge < -0.3 is 34.7 Å². The van der Waals surface area contributed by atoms with Crippen LogP contribution in [0.1, 0.15) is 11.1 Å². The van der Waals surface area contributed by atoms with E-state index in [0.717, 1.165) is 12.1 Å². The third kappa shape index (κ3) is 9.31. The molecule has 1 atom stereocenters. The fraction of sp³-hybridized carbons (Fsp3) is 0.588. The predicted molar refractivity (Wildman–Crippen MR) is 104 cm³/mol. The van der Waals surface area contributed by atoms with E-state index < -0.39 is 6.09 Å². The molecular formula is C17H31N2O6P. The molecule has 150 valence electrons. The molecule has 1 rings (SSSR count). The Kier molecular flexibility index (Phi) is 13.9. The Morgan fingerprint density at radius 1 is 1.12 bits per heavy atom. The number of ether oxygens (including phenoxy) is 4. The van der Waals surface area contributed by atoms with Crippen molar-refractivity contribution in [1.82, 2.24) is 10.6 Å². The summed E-state index contributed by atoms with van der Waals surface area (Å²) in [4.78, 5) is 11.9. The number of nitrogens with one attached hydrogen (secondary N) is 2. The number of likely N-dealkylation sites (N-methyl/N-ethyl adjacent to an activating group) is 1. The van der Waals surface area contributed by atoms with Crippen LogP contribution < -0.4 is 20.1 Å². The van der Waals surface area contributed by atoms with Crippen LogP contribution in [0.2, 0.25) is 0 Å². The lowest BCUT2D eigenvalue weighted by Gasteiger charge is -2.14. The van der Waals surface area contributed by atoms with E-state index in [1.807, 2.05) is 14.0 Å². The fourth-order valence-corrected chi connectivity index (χ4v) is 2.05. The topological polar surface area (TPSA) is 98.3 Å². The van der Waals surface area contributed by atoms with Gasteiger partial charge in [0.15, 0.2) is 11.5 Å². The van der Waals surface area contributed by atoms with E-state index in [2.05, 4.69) is 10.6 Å². The second-order valence-corrected chi connectivity index (χ2v) is 5.26. The number of hydrogen-bond donors (Lipinski definition) is 3. The van der Waals surface area contributed by atoms with Crippen molar-refractivity contribution in [3.63, 3.8) is 0 Å². The van der Waals surface area contributed by atoms with E-state index in [-0.39, 0.29) is 22.3 Å². The second-order valence-electron chi connectivity index (χ2n) is 5.26. The Morgan fingerprint density at radius 2 is 1.77 bits per heavy atom. The minimum Gasteiger partial charge on any atom is -0.493 e. The average molecular weight is 390 g/mol. The molecule has 0 saturated heterocycles. The number of carbonyl (C=O) groups is 1. The Labute approximate surface area is 158 Å². The number of benzene rings is 1. The van der Waals surface area contributed by atoms with Crippen LogP contribution in [0.4, 0.5) is 4.79 Å². The number of aliphatic hydroxyl groups excluding tert-OH is 1. The number of methoxy groups -OCH3 is 1. The van der Waals surface area contributed by atoms with E-state index in [0.29, 0.717) is 44.3 Å². The lowest BCUT2D eigenvalue weighted by molar-refractivity contribution is 0.0504. The maximum Gasteiger partial charge on any atom is 0.412 e. The molecule has 0 heterocycles. The number of rotatable bonds is 12. The summed E-state index contributed by atoms with van der Waals surface area (Å²) >= 11 is 0. The van der Waals surface area contributed by atoms with Gasteiger partial charge in [0.25, 0.3) is 0 Å². The first-order chi connectivity index (χ1) is 12.1. The number of aliphatic hydroxyl groups is 1. The molecule has 0 aromatic heterocycles. The third-order valence-corrected chi connectivity index (χ3v) is 3.25. The molecule has 0 spiro atoms. The molecule has 1 amide bonds. The van der Waals surface area contributed by atoms with Crippen LogP contribution in [-0.4, -0.2) is 64.9 Å². The standard InChI is InChI=1S/C17H28N2O6.H3P/c1-13-10-14(12-20)16(15(11-13)22-3)25-17(21)19-5-7-24-9-8-23-6-4-18-2;/h10-11,18,20H,4-9,12H2,1-3H3,(H,19,21);1H3. The Bertz CT molecular complexity index is 505. The summed E-state index contributed by atoms with van der Waals surface area (Å²) in [6.07, 6.45) is -0.634. The van der Waals surface area contributed by atoms with Gasteiger partial charge in [-0.2, -0.15) is 9.90 Å². The zero-order valence-corrected chi connectivity index (χ0v) is 17.2. The van der Waals surface area contributed by atoms with Crippen molar-refractivity contribution in [1.29, 1.82) is 0 Å². The van der Waals surface area contributed by atoms with Crippen LogP contribution in [-0.2, 0) is 16.1 Å². The second kappa shape index (κ2) is 14.7. The van der Waals surface area contributed by atoms with Crippen LogP contribution in [0.15, 0.2) is 12.1 Å². The van der Waals surface area contributed by atoms with Gasteiger partial charge in [-0.05, 0) is 31.7 Å². The van der Waals surface area contributed by atoms with Gasteiger partial charge in [-0.25, -0.2) is 4.79 Å². The maximum atomic E-state index is 11.9. The fourth-order valence-electron chi connectivity index (χ4n) is 2.05. The summed E-state index contributed by atoms with van der Waals surface area (Å²) in [5.74, 6) is 0.612. The lowest BCUT2D eigenvalue weighted by Crippen LogP contribution is -2.30. The van der Waals surface area contributed by atoms with Gasteiger partial charge in [0, 0.05) is 18.7 Å². The van der Waals surface area contributed by atoms with Crippen molar-refractivity contribution in [3.05, 3.63) is 23.3 Å². The van der Waals surface area contributed by atoms with Crippen molar-refractivity contribution >= 4 is 16.0 Å². The highest BCUT2D eigenvalue weighted by atomic mass is 31.0. The Morgan fingerprint density at radius 3 is 2.35 bits per heavy atom. The molecule has 0 bridgehead atoms. The molecule has 0 fully saturated rings. The predicted octanol–water partition coefficient (Wildman–Crippen LogP) is 0.895. The first kappa shape index (κ1) is 24.6. The summed E-state index contributed by atoms with van der Waals surface area (Å²) in [6, 6.07) is 3.47. The number of aryl methyl sites for hydroxylation is 1. The summed E-state index contributed by atoms with van der Waals surface area (Å²) in [5.41, 5.74) is 1.39. The first-order valence-electron chi connectivity index (χ1n) is 8.16. The molecule has 0 aliphatic heterocycles. The molecule has 0 saturated carbocycles. The van der Waals surface area contributed by atoms with Crippen LogP contribution >= 0.6 is 9.90 Å². The van der Waals surface area contributed by atoms with Crippen LogP contribution in [0.5, 0.6) is 11.5 Å². The van der Waals surface area contributed by atoms with Crippen molar-refractivity contribution in [2.45, 2.75) is 13.5 Å². The minimum absolute atomic E-state index is 0. The highest BCUT2D eigenvalue weighted by Gasteiger charge is 2.15. The van der Waals surface area contributed by atoms with Gasteiger partial charge in [0.1, 0.15) is 0 Å². The van der Waals surface area contributed by atoms with Crippen LogP contribution in [0, 0.1) is 6.92 Å². The van der Waals surface area contributed by atoms with Crippen molar-refractivity contribution in [3.8, 4) is 11.5 Å². The zero-order chi connectivity index (χ0) is 18.5. The molecule has 3 N–H and O–H groups in total. The van der Waals surface area contributed by atoms with Crippen molar-refractivity contribution in [2.75, 3.05) is 53.7 Å². The highest BCUT2D eigenvalue weighted by molar-refractivity contribution is 6.92. The Balaban J connectivity index is 0.00000625. The summed E-state index contributed by atoms with van der Waals surface area (Å²) in [5, 5.41) is 15.0. The SMILES string of the molecule is CNCCOCCOCCNC(=O)Oc1c(CO)cc(C)cc1OC.P. The molecule has 8 nitrogen and oxygen atoms in total. The van der Waals surface area contributed by atoms with Crippen LogP contribution in [0.3, 0.4) is 0 Å². The van der Waals surface area contributed by atoms with Gasteiger partial charge in [-0.15, -0.1) is 0 Å². The molecule has 0 aliphatic rings. The molecule has 0 aliphatic carbocycles. The van der Waals surface area contributed by atoms with E-state index in [1.165, 1.54) is 7.11 Å². The largest absolute Gasteiger partial charge is 0.493 e. The minimum atomic E-state index is -0.634. The molecule has 26 heavy (non-hydrogen) atoms. The first-order valence-corrected chi connectivity index (χ1v) is 8.16. The van der Waals surface area contributed by atoms with Crippen molar-refractivity contribution in [2.24, 2.45) is 0 Å². The normalized spacial score (nSPS) is 10.2. The van der Waals surface area contributed by atoms with Gasteiger partial charge in [0.2, 0.25) is 0 Å². The van der Waals surface area contributed by atoms with Gasteiger partial charge >= 0.3 is 6.09 Å². The van der Waals surface area contributed by atoms with E-state index in [4.69, 9.17) is 18.9 Å². The number of amides is 1.